The Balaban J connectivity index is 1.46. The molecule has 1 aliphatic rings. The Kier molecular flexibility index (Phi) is 6.51. The zero-order valence-corrected chi connectivity index (χ0v) is 17.9. The minimum atomic E-state index is 0.00328. The summed E-state index contributed by atoms with van der Waals surface area (Å²) in [7, 11) is 0. The van der Waals surface area contributed by atoms with Crippen molar-refractivity contribution in [2.75, 3.05) is 49.5 Å². The molecular formula is C20H29N5O2S. The third-order valence-electron chi connectivity index (χ3n) is 4.52. The fourth-order valence-electron chi connectivity index (χ4n) is 2.95. The van der Waals surface area contributed by atoms with E-state index in [0.29, 0.717) is 13.2 Å². The largest absolute Gasteiger partial charge is 0.494 e. The Morgan fingerprint density at radius 2 is 1.82 bits per heavy atom. The third kappa shape index (κ3) is 5.42. The number of benzene rings is 1. The zero-order valence-electron chi connectivity index (χ0n) is 17.1. The van der Waals surface area contributed by atoms with E-state index >= 15 is 0 Å². The van der Waals surface area contributed by atoms with Crippen molar-refractivity contribution < 1.29 is 9.53 Å². The maximum atomic E-state index is 12.3. The van der Waals surface area contributed by atoms with Gasteiger partial charge in [-0.25, -0.2) is 0 Å². The van der Waals surface area contributed by atoms with E-state index in [1.165, 1.54) is 0 Å². The van der Waals surface area contributed by atoms with Crippen molar-refractivity contribution in [2.45, 2.75) is 33.1 Å². The lowest BCUT2D eigenvalue weighted by Gasteiger charge is -2.33. The van der Waals surface area contributed by atoms with Crippen LogP contribution in [0.1, 0.15) is 32.7 Å². The lowest BCUT2D eigenvalue weighted by Crippen LogP contribution is -2.48. The Morgan fingerprint density at radius 1 is 1.14 bits per heavy atom. The molecule has 0 atom stereocenters. The first-order chi connectivity index (χ1) is 13.3. The molecule has 7 nitrogen and oxygen atoms in total. The number of amides is 1. The molecule has 1 aromatic carbocycles. The van der Waals surface area contributed by atoms with Crippen molar-refractivity contribution in [2.24, 2.45) is 0 Å². The molecule has 3 rings (SSSR count). The average molecular weight is 404 g/mol. The van der Waals surface area contributed by atoms with Crippen LogP contribution in [0.2, 0.25) is 0 Å². The highest BCUT2D eigenvalue weighted by atomic mass is 32.1. The van der Waals surface area contributed by atoms with E-state index in [-0.39, 0.29) is 11.3 Å². The van der Waals surface area contributed by atoms with Crippen molar-refractivity contribution in [3.63, 3.8) is 0 Å². The number of carbonyl (C=O) groups is 1. The van der Waals surface area contributed by atoms with Gasteiger partial charge >= 0.3 is 0 Å². The van der Waals surface area contributed by atoms with Gasteiger partial charge in [-0.1, -0.05) is 32.1 Å². The molecule has 0 radical (unpaired) electrons. The summed E-state index contributed by atoms with van der Waals surface area (Å²) in [5.74, 6) is 0.812. The predicted octanol–water partition coefficient (Wildman–Crippen LogP) is 3.00. The van der Waals surface area contributed by atoms with E-state index in [4.69, 9.17) is 4.74 Å². The molecule has 0 aliphatic carbocycles. The van der Waals surface area contributed by atoms with Crippen LogP contribution in [0.15, 0.2) is 24.3 Å². The molecule has 28 heavy (non-hydrogen) atoms. The minimum Gasteiger partial charge on any atom is -0.494 e. The fourth-order valence-corrected chi connectivity index (χ4v) is 3.90. The Morgan fingerprint density at radius 3 is 2.39 bits per heavy atom. The second-order valence-electron chi connectivity index (χ2n) is 7.91. The van der Waals surface area contributed by atoms with Crippen molar-refractivity contribution >= 4 is 28.1 Å². The van der Waals surface area contributed by atoms with Crippen LogP contribution in [0.25, 0.3) is 0 Å². The quantitative estimate of drug-likeness (QED) is 0.800. The molecule has 2 heterocycles. The van der Waals surface area contributed by atoms with Crippen molar-refractivity contribution in [1.29, 1.82) is 0 Å². The summed E-state index contributed by atoms with van der Waals surface area (Å²) in [6, 6.07) is 7.46. The van der Waals surface area contributed by atoms with Crippen LogP contribution in [0.5, 0.6) is 5.75 Å². The molecule has 8 heteroatoms. The van der Waals surface area contributed by atoms with E-state index in [9.17, 15) is 4.79 Å². The number of anilines is 2. The molecule has 1 aliphatic heterocycles. The van der Waals surface area contributed by atoms with Gasteiger partial charge in [0, 0.05) is 37.3 Å². The Bertz CT molecular complexity index is 777. The van der Waals surface area contributed by atoms with Crippen LogP contribution in [0.4, 0.5) is 10.8 Å². The molecular weight excluding hydrogens is 374 g/mol. The van der Waals surface area contributed by atoms with Crippen molar-refractivity contribution in [3.05, 3.63) is 29.3 Å². The molecule has 152 valence electrons. The number of hydrogen-bond donors (Lipinski definition) is 1. The summed E-state index contributed by atoms with van der Waals surface area (Å²) in [4.78, 5) is 16.8. The van der Waals surface area contributed by atoms with Crippen molar-refractivity contribution in [3.8, 4) is 5.75 Å². The van der Waals surface area contributed by atoms with Crippen molar-refractivity contribution in [1.82, 2.24) is 15.1 Å². The Labute approximate surface area is 170 Å². The third-order valence-corrected chi connectivity index (χ3v) is 5.92. The standard InChI is InChI=1S/C20H29N5O2S/c1-5-27-16-8-6-15(7-9-16)21-17(26)14-24-10-12-25(13-11-24)19-23-22-18(28-19)20(2,3)4/h6-9H,5,10-14H2,1-4H3,(H,21,26). The van der Waals surface area contributed by atoms with E-state index < -0.39 is 0 Å². The highest BCUT2D eigenvalue weighted by Gasteiger charge is 2.24. The lowest BCUT2D eigenvalue weighted by molar-refractivity contribution is -0.117. The number of nitrogens with zero attached hydrogens (tertiary/aromatic N) is 4. The van der Waals surface area contributed by atoms with Crippen LogP contribution in [-0.2, 0) is 10.2 Å². The first-order valence-corrected chi connectivity index (χ1v) is 10.5. The van der Waals surface area contributed by atoms with Crippen LogP contribution >= 0.6 is 11.3 Å². The monoisotopic (exact) mass is 403 g/mol. The molecule has 2 aromatic rings. The molecule has 1 amide bonds. The van der Waals surface area contributed by atoms with E-state index in [0.717, 1.165) is 47.8 Å². The SMILES string of the molecule is CCOc1ccc(NC(=O)CN2CCN(c3nnc(C(C)(C)C)s3)CC2)cc1. The van der Waals surface area contributed by atoms with Gasteiger partial charge in [-0.15, -0.1) is 10.2 Å². The van der Waals surface area contributed by atoms with Gasteiger partial charge in [0.15, 0.2) is 0 Å². The minimum absolute atomic E-state index is 0.00328. The summed E-state index contributed by atoms with van der Waals surface area (Å²) in [6.45, 7) is 12.8. The van der Waals surface area contributed by atoms with Crippen LogP contribution in [-0.4, -0.2) is 60.3 Å². The highest BCUT2D eigenvalue weighted by molar-refractivity contribution is 7.15. The molecule has 0 saturated carbocycles. The molecule has 0 spiro atoms. The first-order valence-electron chi connectivity index (χ1n) is 9.69. The summed E-state index contributed by atoms with van der Waals surface area (Å²) in [5, 5.41) is 13.7. The fraction of sp³-hybridized carbons (Fsp3) is 0.550. The van der Waals surface area contributed by atoms with Crippen LogP contribution in [0.3, 0.4) is 0 Å². The molecule has 0 bridgehead atoms. The second-order valence-corrected chi connectivity index (χ2v) is 8.86. The summed E-state index contributed by atoms with van der Waals surface area (Å²) >= 11 is 1.66. The number of carbonyl (C=O) groups excluding carboxylic acids is 1. The lowest BCUT2D eigenvalue weighted by atomic mass is 9.98. The Hall–Kier alpha value is -2.19. The van der Waals surface area contributed by atoms with Gasteiger partial charge in [-0.05, 0) is 31.2 Å². The average Bonchev–Trinajstić information content (AvgIpc) is 3.15. The van der Waals surface area contributed by atoms with Gasteiger partial charge in [-0.2, -0.15) is 0 Å². The van der Waals surface area contributed by atoms with Crippen LogP contribution in [0, 0.1) is 0 Å². The normalized spacial score (nSPS) is 15.5. The molecule has 1 saturated heterocycles. The number of nitrogens with one attached hydrogen (secondary N) is 1. The first kappa shape index (κ1) is 20.5. The van der Waals surface area contributed by atoms with Gasteiger partial charge in [-0.3, -0.25) is 9.69 Å². The smallest absolute Gasteiger partial charge is 0.238 e. The highest BCUT2D eigenvalue weighted by Crippen LogP contribution is 2.30. The van der Waals surface area contributed by atoms with Gasteiger partial charge in [0.25, 0.3) is 0 Å². The predicted molar refractivity (Wildman–Crippen MR) is 114 cm³/mol. The number of piperazine rings is 1. The summed E-state index contributed by atoms with van der Waals surface area (Å²) in [6.07, 6.45) is 0. The van der Waals surface area contributed by atoms with E-state index in [1.807, 2.05) is 31.2 Å². The second kappa shape index (κ2) is 8.87. The van der Waals surface area contributed by atoms with E-state index in [2.05, 4.69) is 46.1 Å². The molecule has 1 N–H and O–H groups in total. The topological polar surface area (TPSA) is 70.6 Å². The maximum absolute atomic E-state index is 12.3. The van der Waals surface area contributed by atoms with E-state index in [1.54, 1.807) is 11.3 Å². The summed E-state index contributed by atoms with van der Waals surface area (Å²) in [5.41, 5.74) is 0.812. The number of aromatic nitrogens is 2. The zero-order chi connectivity index (χ0) is 20.1. The van der Waals surface area contributed by atoms with Gasteiger partial charge < -0.3 is 15.0 Å². The number of rotatable bonds is 6. The number of ether oxygens (including phenoxy) is 1. The van der Waals surface area contributed by atoms with Gasteiger partial charge in [0.05, 0.1) is 13.2 Å². The number of hydrogen-bond acceptors (Lipinski definition) is 7. The summed E-state index contributed by atoms with van der Waals surface area (Å²) < 4.78 is 5.42. The maximum Gasteiger partial charge on any atom is 0.238 e. The molecule has 1 aromatic heterocycles. The van der Waals surface area contributed by atoms with Gasteiger partial charge in [0.1, 0.15) is 10.8 Å². The van der Waals surface area contributed by atoms with Crippen LogP contribution < -0.4 is 15.0 Å². The molecule has 0 unspecified atom stereocenters. The van der Waals surface area contributed by atoms with Gasteiger partial charge in [0.2, 0.25) is 11.0 Å². The molecule has 1 fully saturated rings.